The van der Waals surface area contributed by atoms with Gasteiger partial charge in [-0.15, -0.1) is 0 Å². The second-order valence-electron chi connectivity index (χ2n) is 8.21. The Bertz CT molecular complexity index is 678. The maximum atomic E-state index is 12.5. The number of carbonyl (C=O) groups is 2. The lowest BCUT2D eigenvalue weighted by Crippen LogP contribution is -2.40. The van der Waals surface area contributed by atoms with E-state index in [9.17, 15) is 9.59 Å². The van der Waals surface area contributed by atoms with Crippen LogP contribution >= 0.6 is 0 Å². The molecule has 26 heavy (non-hydrogen) atoms. The van der Waals surface area contributed by atoms with Crippen LogP contribution in [0.5, 0.6) is 0 Å². The van der Waals surface area contributed by atoms with Crippen LogP contribution in [0.4, 0.5) is 5.69 Å². The highest BCUT2D eigenvalue weighted by Crippen LogP contribution is 2.33. The Kier molecular flexibility index (Phi) is 4.98. The fraction of sp³-hybridized carbons (Fsp3) is 0.619. The van der Waals surface area contributed by atoms with E-state index in [0.29, 0.717) is 30.8 Å². The highest BCUT2D eigenvalue weighted by Gasteiger charge is 2.34. The summed E-state index contributed by atoms with van der Waals surface area (Å²) in [5.74, 6) is 0.848. The number of amides is 2. The highest BCUT2D eigenvalue weighted by atomic mass is 16.2. The number of hydrogen-bond acceptors (Lipinski definition) is 3. The molecular weight excluding hydrogens is 326 g/mol. The molecule has 0 saturated carbocycles. The number of hydrogen-bond donors (Lipinski definition) is 2. The van der Waals surface area contributed by atoms with Gasteiger partial charge in [-0.25, -0.2) is 0 Å². The van der Waals surface area contributed by atoms with Gasteiger partial charge in [0.1, 0.15) is 0 Å². The van der Waals surface area contributed by atoms with Crippen molar-refractivity contribution in [2.45, 2.75) is 70.0 Å². The molecule has 1 aromatic carbocycles. The zero-order valence-corrected chi connectivity index (χ0v) is 15.5. The number of carbonyl (C=O) groups excluding carboxylic acids is 2. The molecule has 3 fully saturated rings. The first kappa shape index (κ1) is 17.5. The third kappa shape index (κ3) is 3.78. The predicted molar refractivity (Wildman–Crippen MR) is 102 cm³/mol. The Morgan fingerprint density at radius 1 is 1.31 bits per heavy atom. The van der Waals surface area contributed by atoms with Crippen molar-refractivity contribution in [2.75, 3.05) is 11.4 Å². The Morgan fingerprint density at radius 2 is 2.08 bits per heavy atom. The number of anilines is 1. The molecule has 3 aliphatic heterocycles. The topological polar surface area (TPSA) is 61.4 Å². The summed E-state index contributed by atoms with van der Waals surface area (Å²) in [5.41, 5.74) is 2.00. The first-order valence-corrected chi connectivity index (χ1v) is 10.0. The van der Waals surface area contributed by atoms with E-state index in [1.165, 1.54) is 12.8 Å². The fourth-order valence-electron chi connectivity index (χ4n) is 4.87. The van der Waals surface area contributed by atoms with Gasteiger partial charge in [0, 0.05) is 37.2 Å². The minimum atomic E-state index is -0.0430. The number of piperidine rings is 1. The van der Waals surface area contributed by atoms with Gasteiger partial charge in [0.2, 0.25) is 11.8 Å². The molecule has 3 saturated heterocycles. The lowest BCUT2D eigenvalue weighted by molar-refractivity contribution is -0.123. The van der Waals surface area contributed by atoms with Crippen molar-refractivity contribution in [3.8, 4) is 0 Å². The molecule has 3 atom stereocenters. The van der Waals surface area contributed by atoms with Crippen LogP contribution in [-0.2, 0) is 9.59 Å². The molecule has 140 valence electrons. The maximum absolute atomic E-state index is 12.5. The van der Waals surface area contributed by atoms with E-state index in [2.05, 4.69) is 10.6 Å². The summed E-state index contributed by atoms with van der Waals surface area (Å²) < 4.78 is 0. The zero-order valence-electron chi connectivity index (χ0n) is 15.5. The van der Waals surface area contributed by atoms with Crippen LogP contribution in [-0.4, -0.2) is 30.4 Å². The minimum absolute atomic E-state index is 0.0430. The molecule has 5 nitrogen and oxygen atoms in total. The van der Waals surface area contributed by atoms with E-state index in [0.717, 1.165) is 37.1 Å². The van der Waals surface area contributed by atoms with Gasteiger partial charge >= 0.3 is 0 Å². The van der Waals surface area contributed by atoms with Gasteiger partial charge in [0.25, 0.3) is 0 Å². The van der Waals surface area contributed by atoms with E-state index >= 15 is 0 Å². The molecule has 2 amide bonds. The SMILES string of the molecule is CC(NC(=O)CC1CC2CCC(C1)N2)c1cccc(N2CCCC2=O)c1. The van der Waals surface area contributed by atoms with Crippen LogP contribution in [0.2, 0.25) is 0 Å². The summed E-state index contributed by atoms with van der Waals surface area (Å²) in [6.07, 6.45) is 6.98. The zero-order chi connectivity index (χ0) is 18.1. The number of rotatable bonds is 5. The molecule has 2 bridgehead atoms. The van der Waals surface area contributed by atoms with Crippen LogP contribution < -0.4 is 15.5 Å². The summed E-state index contributed by atoms with van der Waals surface area (Å²) in [6.45, 7) is 2.82. The van der Waals surface area contributed by atoms with Gasteiger partial charge in [0.15, 0.2) is 0 Å². The number of nitrogens with one attached hydrogen (secondary N) is 2. The molecular formula is C21H29N3O2. The van der Waals surface area contributed by atoms with Gasteiger partial charge < -0.3 is 15.5 Å². The molecule has 2 N–H and O–H groups in total. The second kappa shape index (κ2) is 7.39. The Labute approximate surface area is 155 Å². The van der Waals surface area contributed by atoms with Crippen molar-refractivity contribution in [1.82, 2.24) is 10.6 Å². The molecule has 3 heterocycles. The van der Waals surface area contributed by atoms with E-state index in [-0.39, 0.29) is 17.9 Å². The molecule has 3 unspecified atom stereocenters. The van der Waals surface area contributed by atoms with Crippen LogP contribution in [0, 0.1) is 5.92 Å². The molecule has 0 aliphatic carbocycles. The number of fused-ring (bicyclic) bond motifs is 2. The van der Waals surface area contributed by atoms with Crippen molar-refractivity contribution in [3.63, 3.8) is 0 Å². The summed E-state index contributed by atoms with van der Waals surface area (Å²) in [4.78, 5) is 26.3. The third-order valence-electron chi connectivity index (χ3n) is 6.18. The smallest absolute Gasteiger partial charge is 0.227 e. The molecule has 5 heteroatoms. The van der Waals surface area contributed by atoms with E-state index < -0.39 is 0 Å². The number of nitrogens with zero attached hydrogens (tertiary/aromatic N) is 1. The van der Waals surface area contributed by atoms with E-state index in [4.69, 9.17) is 0 Å². The Morgan fingerprint density at radius 3 is 2.77 bits per heavy atom. The predicted octanol–water partition coefficient (Wildman–Crippen LogP) is 2.91. The third-order valence-corrected chi connectivity index (χ3v) is 6.18. The lowest BCUT2D eigenvalue weighted by atomic mass is 9.89. The quantitative estimate of drug-likeness (QED) is 0.854. The van der Waals surface area contributed by atoms with Crippen molar-refractivity contribution in [1.29, 1.82) is 0 Å². The Hall–Kier alpha value is -1.88. The summed E-state index contributed by atoms with van der Waals surface area (Å²) in [7, 11) is 0. The highest BCUT2D eigenvalue weighted by molar-refractivity contribution is 5.95. The van der Waals surface area contributed by atoms with Crippen molar-refractivity contribution >= 4 is 17.5 Å². The molecule has 4 rings (SSSR count). The molecule has 3 aliphatic rings. The summed E-state index contributed by atoms with van der Waals surface area (Å²) in [5, 5.41) is 6.79. The molecule has 0 aromatic heterocycles. The van der Waals surface area contributed by atoms with E-state index in [1.807, 2.05) is 36.1 Å². The largest absolute Gasteiger partial charge is 0.350 e. The van der Waals surface area contributed by atoms with Gasteiger partial charge in [-0.3, -0.25) is 9.59 Å². The van der Waals surface area contributed by atoms with Gasteiger partial charge in [-0.05, 0) is 62.6 Å². The van der Waals surface area contributed by atoms with Gasteiger partial charge in [-0.1, -0.05) is 12.1 Å². The van der Waals surface area contributed by atoms with Crippen molar-refractivity contribution in [2.24, 2.45) is 5.92 Å². The monoisotopic (exact) mass is 355 g/mol. The van der Waals surface area contributed by atoms with Crippen LogP contribution in [0.25, 0.3) is 0 Å². The average molecular weight is 355 g/mol. The molecule has 1 aromatic rings. The maximum Gasteiger partial charge on any atom is 0.227 e. The molecule has 0 radical (unpaired) electrons. The van der Waals surface area contributed by atoms with Crippen molar-refractivity contribution < 1.29 is 9.59 Å². The minimum Gasteiger partial charge on any atom is -0.350 e. The normalized spacial score (nSPS) is 29.0. The van der Waals surface area contributed by atoms with E-state index in [1.54, 1.807) is 0 Å². The first-order chi connectivity index (χ1) is 12.6. The standard InChI is InChI=1S/C21H29N3O2/c1-14(16-4-2-5-19(13-16)24-9-3-6-21(24)26)22-20(25)12-15-10-17-7-8-18(11-15)23-17/h2,4-5,13-15,17-18,23H,3,6-12H2,1H3,(H,22,25). The number of benzene rings is 1. The summed E-state index contributed by atoms with van der Waals surface area (Å²) >= 11 is 0. The van der Waals surface area contributed by atoms with Crippen LogP contribution in [0.3, 0.4) is 0 Å². The average Bonchev–Trinajstić information content (AvgIpc) is 3.20. The Balaban J connectivity index is 1.34. The first-order valence-electron chi connectivity index (χ1n) is 10.0. The van der Waals surface area contributed by atoms with Crippen LogP contribution in [0.15, 0.2) is 24.3 Å². The van der Waals surface area contributed by atoms with Crippen LogP contribution in [0.1, 0.15) is 63.5 Å². The van der Waals surface area contributed by atoms with Gasteiger partial charge in [-0.2, -0.15) is 0 Å². The molecule has 0 spiro atoms. The fourth-order valence-corrected chi connectivity index (χ4v) is 4.87. The van der Waals surface area contributed by atoms with Gasteiger partial charge in [0.05, 0.1) is 6.04 Å². The lowest BCUT2D eigenvalue weighted by Gasteiger charge is -2.29. The van der Waals surface area contributed by atoms with Crippen molar-refractivity contribution in [3.05, 3.63) is 29.8 Å². The summed E-state index contributed by atoms with van der Waals surface area (Å²) in [6, 6.07) is 9.23. The second-order valence-corrected chi connectivity index (χ2v) is 8.21.